The SMILES string of the molecule is CN(CCCC(=O)NCCNC(=O)O[C@@H]1[C@H](O)[C@@H](COP(=O)(O)OP(=O)(O)NP(=O)(O)O)O[C@H]1n1cnc2c(=O)[nH]c(N)nc21)C(=O)c1ccccc1-c1c2ccc(=N)c(S(=O)(=O)O)c-2oc2c(S(=O)(=O)O)c(N)ccc12. The summed E-state index contributed by atoms with van der Waals surface area (Å²) in [4.78, 5) is 100. The highest BCUT2D eigenvalue weighted by molar-refractivity contribution is 7.86. The van der Waals surface area contributed by atoms with Crippen LogP contribution in [0, 0.1) is 5.41 Å². The molecule has 7 rings (SSSR count). The Labute approximate surface area is 431 Å². The van der Waals surface area contributed by atoms with Crippen LogP contribution in [0.2, 0.25) is 0 Å². The van der Waals surface area contributed by atoms with Crippen LogP contribution in [-0.4, -0.2) is 145 Å². The van der Waals surface area contributed by atoms with Crippen molar-refractivity contribution in [1.82, 2.24) is 39.9 Å². The molecule has 4 aromatic rings. The molecular weight excluding hydrogens is 1140 g/mol. The first kappa shape index (κ1) is 58.1. The van der Waals surface area contributed by atoms with Gasteiger partial charge in [0.25, 0.3) is 31.7 Å². The molecule has 2 unspecified atom stereocenters. The lowest BCUT2D eigenvalue weighted by molar-refractivity contribution is -0.121. The number of carbonyl (C=O) groups excluding carboxylic acids is 3. The van der Waals surface area contributed by atoms with Crippen LogP contribution in [-0.2, 0) is 57.0 Å². The molecule has 4 heterocycles. The van der Waals surface area contributed by atoms with Crippen LogP contribution < -0.4 is 37.9 Å². The van der Waals surface area contributed by atoms with Crippen molar-refractivity contribution in [3.05, 3.63) is 76.1 Å². The number of fused-ring (bicyclic) bond motifs is 3. The van der Waals surface area contributed by atoms with Gasteiger partial charge in [-0.25, -0.2) is 23.5 Å². The molecule has 2 aliphatic heterocycles. The predicted octanol–water partition coefficient (Wildman–Crippen LogP) is -0.287. The molecule has 39 heteroatoms. The molecule has 6 atom stereocenters. The topological polar surface area (TPSA) is 541 Å². The molecule has 2 aromatic heterocycles. The second kappa shape index (κ2) is 22.1. The number of phosphoric ester groups is 1. The van der Waals surface area contributed by atoms with E-state index in [0.717, 1.165) is 27.9 Å². The fourth-order valence-electron chi connectivity index (χ4n) is 7.94. The van der Waals surface area contributed by atoms with E-state index in [1.54, 1.807) is 0 Å². The van der Waals surface area contributed by atoms with Crippen LogP contribution in [0.1, 0.15) is 29.4 Å². The van der Waals surface area contributed by atoms with Crippen LogP contribution in [0.5, 0.6) is 0 Å². The minimum Gasteiger partial charge on any atom is -0.453 e. The van der Waals surface area contributed by atoms with Crippen molar-refractivity contribution < 1.29 is 101 Å². The Morgan fingerprint density at radius 2 is 1.62 bits per heavy atom. The minimum atomic E-state index is -5.69. The Bertz CT molecular complexity index is 3820. The molecule has 0 radical (unpaired) electrons. The summed E-state index contributed by atoms with van der Waals surface area (Å²) in [6.45, 7) is -1.74. The van der Waals surface area contributed by atoms with Gasteiger partial charge < -0.3 is 65.6 Å². The summed E-state index contributed by atoms with van der Waals surface area (Å²) in [7, 11) is -25.9. The number of alkyl carbamates (subject to hydrolysis) is 1. The van der Waals surface area contributed by atoms with Crippen LogP contribution in [0.3, 0.4) is 0 Å². The number of aromatic amines is 1. The highest BCUT2D eigenvalue weighted by Crippen LogP contribution is 2.61. The Kier molecular flexibility index (Phi) is 16.6. The summed E-state index contributed by atoms with van der Waals surface area (Å²) in [5.74, 6) is -2.30. The molecule has 1 saturated heterocycles. The average Bonchev–Trinajstić information content (AvgIpc) is 3.86. The minimum absolute atomic E-state index is 0.0101. The Morgan fingerprint density at radius 1 is 0.948 bits per heavy atom. The first-order valence-electron chi connectivity index (χ1n) is 21.6. The maximum atomic E-state index is 14.1. The zero-order chi connectivity index (χ0) is 56.7. The third-order valence-corrected chi connectivity index (χ3v) is 17.2. The van der Waals surface area contributed by atoms with Gasteiger partial charge in [-0.05, 0) is 42.3 Å². The molecule has 3 amide bonds. The van der Waals surface area contributed by atoms with Gasteiger partial charge >= 0.3 is 29.4 Å². The number of rotatable bonds is 20. The monoisotopic (exact) mass is 1180 g/mol. The molecule has 416 valence electrons. The lowest BCUT2D eigenvalue weighted by Crippen LogP contribution is -2.41. The summed E-state index contributed by atoms with van der Waals surface area (Å²) in [5.41, 5.74) is 9.00. The van der Waals surface area contributed by atoms with Crippen molar-refractivity contribution in [1.29, 1.82) is 5.41 Å². The quantitative estimate of drug-likeness (QED) is 0.0154. The molecule has 77 heavy (non-hydrogen) atoms. The molecule has 2 aromatic carbocycles. The van der Waals surface area contributed by atoms with Crippen LogP contribution >= 0.6 is 23.3 Å². The number of nitrogens with zero attached hydrogens (tertiary/aromatic N) is 4. The lowest BCUT2D eigenvalue weighted by atomic mass is 9.90. The van der Waals surface area contributed by atoms with Crippen molar-refractivity contribution in [3.63, 3.8) is 0 Å². The van der Waals surface area contributed by atoms with Gasteiger partial charge in [0.05, 0.1) is 24.0 Å². The smallest absolute Gasteiger partial charge is 0.453 e. The number of H-pyrrole nitrogens is 1. The third kappa shape index (κ3) is 13.2. The molecule has 1 fully saturated rings. The van der Waals surface area contributed by atoms with Gasteiger partial charge in [0.1, 0.15) is 12.2 Å². The molecule has 16 N–H and O–H groups in total. The number of aliphatic hydroxyl groups excluding tert-OH is 1. The van der Waals surface area contributed by atoms with Gasteiger partial charge in [0.2, 0.25) is 11.9 Å². The standard InChI is InChI=1S/C38H44N11O23P3S2/c1-48(35(53)18-6-3-2-5-17(18)25-19-8-10-21(39)31(76(62,63)64)28(19)70-29-20(25)9-11-22(40)32(29)77(65,66)67)14-4-7-24(50)42-12-13-43-38(54)71-30-27(51)23(15-68-75(60,61)72-74(58,59)47-73(55,56)57)69-36(30)49-16-44-26-33(49)45-37(41)46-34(26)52/h2-3,5-6,8-11,16,23,27,30,36,39,51H,4,7,12-15,40H2,1H3,(H,42,50)(H,43,54)(H,60,61)(H,62,63,64)(H,65,66,67)(H3,41,45,46,52)(H4,47,55,56,57,58,59)/t23-,27-,30-,36-/m1/s1. The van der Waals surface area contributed by atoms with Crippen molar-refractivity contribution >= 4 is 95.2 Å². The van der Waals surface area contributed by atoms with E-state index in [0.29, 0.717) is 0 Å². The zero-order valence-corrected chi connectivity index (χ0v) is 43.3. The van der Waals surface area contributed by atoms with Crippen molar-refractivity contribution in [3.8, 4) is 22.5 Å². The fraction of sp³-hybridized carbons (Fsp3) is 0.289. The second-order valence-corrected chi connectivity index (χ2v) is 24.0. The van der Waals surface area contributed by atoms with E-state index in [1.165, 1.54) is 48.3 Å². The average molecular weight is 1180 g/mol. The number of benzene rings is 3. The number of phosphoric acid groups is 1. The number of amides is 3. The van der Waals surface area contributed by atoms with Gasteiger partial charge in [0, 0.05) is 55.2 Å². The van der Waals surface area contributed by atoms with E-state index in [4.69, 9.17) is 40.6 Å². The number of nitrogen functional groups attached to an aromatic ring is 2. The van der Waals surface area contributed by atoms with Gasteiger partial charge in [-0.3, -0.25) is 43.0 Å². The number of ether oxygens (including phenoxy) is 2. The number of anilines is 2. The Balaban J connectivity index is 0.986. The zero-order valence-electron chi connectivity index (χ0n) is 39.0. The van der Waals surface area contributed by atoms with Crippen LogP contribution in [0.15, 0.2) is 73.9 Å². The third-order valence-electron chi connectivity index (χ3n) is 11.1. The number of carbonyl (C=O) groups is 3. The summed E-state index contributed by atoms with van der Waals surface area (Å²) in [5, 5.41) is 23.4. The van der Waals surface area contributed by atoms with E-state index < -0.39 is 136 Å². The number of aromatic nitrogens is 4. The van der Waals surface area contributed by atoms with E-state index >= 15 is 0 Å². The molecule has 3 aliphatic rings. The van der Waals surface area contributed by atoms with Gasteiger partial charge in [-0.1, -0.05) is 18.2 Å². The Hall–Kier alpha value is -6.56. The number of aliphatic hydroxyl groups is 1. The first-order chi connectivity index (χ1) is 35.8. The maximum Gasteiger partial charge on any atom is 0.480 e. The molecule has 0 saturated carbocycles. The highest BCUT2D eigenvalue weighted by Gasteiger charge is 2.50. The second-order valence-electron chi connectivity index (χ2n) is 16.5. The fourth-order valence-corrected chi connectivity index (χ4v) is 12.9. The van der Waals surface area contributed by atoms with Crippen molar-refractivity contribution in [2.75, 3.05) is 44.8 Å². The number of nitrogens with two attached hydrogens (primary N) is 2. The van der Waals surface area contributed by atoms with Gasteiger partial charge in [-0.2, -0.15) is 26.1 Å². The number of nitrogens with one attached hydrogen (secondary N) is 5. The summed E-state index contributed by atoms with van der Waals surface area (Å²) in [6, 6.07) is 10.6. The normalized spacial score (nSPS) is 18.7. The lowest BCUT2D eigenvalue weighted by Gasteiger charge is -2.22. The molecule has 34 nitrogen and oxygen atoms in total. The predicted molar refractivity (Wildman–Crippen MR) is 260 cm³/mol. The van der Waals surface area contributed by atoms with Crippen molar-refractivity contribution in [2.24, 2.45) is 0 Å². The van der Waals surface area contributed by atoms with Gasteiger partial charge in [-0.15, -0.1) is 4.86 Å². The van der Waals surface area contributed by atoms with E-state index in [1.807, 2.05) is 0 Å². The molecule has 0 spiro atoms. The summed E-state index contributed by atoms with van der Waals surface area (Å²) >= 11 is 0. The number of hydrogen-bond acceptors (Lipinski definition) is 22. The van der Waals surface area contributed by atoms with E-state index in [-0.39, 0.29) is 71.3 Å². The maximum absolute atomic E-state index is 14.1. The first-order valence-corrected chi connectivity index (χ1v) is 29.1. The van der Waals surface area contributed by atoms with E-state index in [2.05, 4.69) is 34.4 Å². The number of imidazole rings is 1. The summed E-state index contributed by atoms with van der Waals surface area (Å²) in [6.07, 6.45) is -7.58. The van der Waals surface area contributed by atoms with Crippen LogP contribution in [0.25, 0.3) is 44.6 Å². The highest BCUT2D eigenvalue weighted by atomic mass is 32.2. The molecule has 1 aliphatic carbocycles. The van der Waals surface area contributed by atoms with Crippen LogP contribution in [0.4, 0.5) is 16.4 Å². The molecular formula is C38H44N11O23P3S2. The summed E-state index contributed by atoms with van der Waals surface area (Å²) < 4.78 is 133. The van der Waals surface area contributed by atoms with Crippen molar-refractivity contribution in [2.45, 2.75) is 47.2 Å². The van der Waals surface area contributed by atoms with Gasteiger partial charge in [0.15, 0.2) is 44.6 Å². The number of hydrogen-bond donors (Lipinski definition) is 14. The Morgan fingerprint density at radius 3 is 2.30 bits per heavy atom. The van der Waals surface area contributed by atoms with E-state index in [9.17, 15) is 73.7 Å². The largest absolute Gasteiger partial charge is 0.480 e. The molecule has 0 bridgehead atoms.